The number of halogens is 1. The molecule has 1 fully saturated rings. The lowest BCUT2D eigenvalue weighted by Crippen LogP contribution is -2.30. The molecule has 0 bridgehead atoms. The molecule has 2 rings (SSSR count). The molecule has 7 heteroatoms. The van der Waals surface area contributed by atoms with Crippen molar-refractivity contribution in [1.82, 2.24) is 10.2 Å². The van der Waals surface area contributed by atoms with Crippen molar-refractivity contribution < 1.29 is 19.1 Å². The number of carbonyl (C=O) groups excluding carboxylic acids is 2. The number of rotatable bonds is 7. The molecule has 1 aliphatic rings. The van der Waals surface area contributed by atoms with Crippen LogP contribution in [0.2, 0.25) is 0 Å². The lowest BCUT2D eigenvalue weighted by atomic mass is 10.1. The Morgan fingerprint density at radius 1 is 1.29 bits per heavy atom. The van der Waals surface area contributed by atoms with E-state index >= 15 is 0 Å². The Labute approximate surface area is 154 Å². The van der Waals surface area contributed by atoms with Crippen LogP contribution in [0, 0.1) is 3.57 Å². The molecule has 0 aliphatic carbocycles. The highest BCUT2D eigenvalue weighted by molar-refractivity contribution is 14.1. The van der Waals surface area contributed by atoms with Crippen LogP contribution in [0.15, 0.2) is 30.5 Å². The molecule has 0 aromatic heterocycles. The second-order valence-corrected chi connectivity index (χ2v) is 6.06. The van der Waals surface area contributed by atoms with Crippen LogP contribution in [0.5, 0.6) is 11.5 Å². The Morgan fingerprint density at radius 2 is 2.04 bits per heavy atom. The van der Waals surface area contributed by atoms with Gasteiger partial charge < -0.3 is 14.8 Å². The van der Waals surface area contributed by atoms with E-state index in [4.69, 9.17) is 9.47 Å². The number of carbonyl (C=O) groups is 2. The summed E-state index contributed by atoms with van der Waals surface area (Å²) in [6.45, 7) is 8.46. The van der Waals surface area contributed by atoms with Crippen LogP contribution in [-0.2, 0) is 4.79 Å². The van der Waals surface area contributed by atoms with Gasteiger partial charge in [-0.05, 0) is 60.2 Å². The van der Waals surface area contributed by atoms with Gasteiger partial charge in [0.25, 0.3) is 5.91 Å². The molecule has 1 aliphatic heterocycles. The minimum Gasteiger partial charge on any atom is -0.490 e. The maximum absolute atomic E-state index is 12.2. The Balaban J connectivity index is 2.38. The van der Waals surface area contributed by atoms with Gasteiger partial charge in [0.05, 0.1) is 10.2 Å². The summed E-state index contributed by atoms with van der Waals surface area (Å²) in [5.41, 5.74) is 0.996. The van der Waals surface area contributed by atoms with Crippen LogP contribution in [0.4, 0.5) is 4.79 Å². The average molecular weight is 442 g/mol. The zero-order valence-electron chi connectivity index (χ0n) is 13.6. The zero-order valence-corrected chi connectivity index (χ0v) is 15.8. The molecule has 1 aromatic rings. The standard InChI is InChI=1S/C17H19IN2O4/c1-4-7-24-15-12(18)8-11(10-14(15)23-6-3)9-13-16(21)20(5-2)17(22)19-13/h4,8-10H,1,5-7H2,2-3H3,(H,19,22)/b13-9+. The van der Waals surface area contributed by atoms with Gasteiger partial charge in [0, 0.05) is 6.54 Å². The molecule has 3 amide bonds. The van der Waals surface area contributed by atoms with Gasteiger partial charge in [-0.2, -0.15) is 0 Å². The maximum Gasteiger partial charge on any atom is 0.328 e. The van der Waals surface area contributed by atoms with Crippen LogP contribution in [0.3, 0.4) is 0 Å². The molecule has 0 atom stereocenters. The van der Waals surface area contributed by atoms with Crippen LogP contribution in [0.25, 0.3) is 6.08 Å². The lowest BCUT2D eigenvalue weighted by Gasteiger charge is -2.14. The Morgan fingerprint density at radius 3 is 2.62 bits per heavy atom. The van der Waals surface area contributed by atoms with Crippen molar-refractivity contribution >= 4 is 40.6 Å². The van der Waals surface area contributed by atoms with E-state index in [1.54, 1.807) is 25.1 Å². The van der Waals surface area contributed by atoms with Gasteiger partial charge in [0.15, 0.2) is 11.5 Å². The predicted octanol–water partition coefficient (Wildman–Crippen LogP) is 3.17. The van der Waals surface area contributed by atoms with E-state index in [2.05, 4.69) is 34.5 Å². The Hall–Kier alpha value is -2.03. The minimum absolute atomic E-state index is 0.250. The van der Waals surface area contributed by atoms with Crippen LogP contribution < -0.4 is 14.8 Å². The van der Waals surface area contributed by atoms with Gasteiger partial charge in [-0.3, -0.25) is 9.69 Å². The molecule has 0 spiro atoms. The first-order valence-corrected chi connectivity index (χ1v) is 8.64. The van der Waals surface area contributed by atoms with Gasteiger partial charge in [-0.1, -0.05) is 12.7 Å². The summed E-state index contributed by atoms with van der Waals surface area (Å²) >= 11 is 2.15. The van der Waals surface area contributed by atoms with Crippen molar-refractivity contribution in [3.05, 3.63) is 39.6 Å². The number of urea groups is 1. The third kappa shape index (κ3) is 3.89. The van der Waals surface area contributed by atoms with E-state index in [1.807, 2.05) is 13.0 Å². The molecular weight excluding hydrogens is 423 g/mol. The second kappa shape index (κ2) is 8.18. The fourth-order valence-electron chi connectivity index (χ4n) is 2.24. The average Bonchev–Trinajstić information content (AvgIpc) is 2.80. The van der Waals surface area contributed by atoms with Crippen LogP contribution >= 0.6 is 22.6 Å². The highest BCUT2D eigenvalue weighted by Crippen LogP contribution is 2.35. The highest BCUT2D eigenvalue weighted by Gasteiger charge is 2.32. The van der Waals surface area contributed by atoms with E-state index in [9.17, 15) is 9.59 Å². The topological polar surface area (TPSA) is 67.9 Å². The van der Waals surface area contributed by atoms with Crippen molar-refractivity contribution in [2.75, 3.05) is 19.8 Å². The molecule has 1 N–H and O–H groups in total. The molecule has 1 heterocycles. The van der Waals surface area contributed by atoms with Gasteiger partial charge in [-0.25, -0.2) is 4.79 Å². The summed E-state index contributed by atoms with van der Waals surface area (Å²) in [7, 11) is 0. The first-order chi connectivity index (χ1) is 11.5. The number of amides is 3. The largest absolute Gasteiger partial charge is 0.490 e. The normalized spacial score (nSPS) is 15.6. The fourth-order valence-corrected chi connectivity index (χ4v) is 3.02. The smallest absolute Gasteiger partial charge is 0.328 e. The SMILES string of the molecule is C=CCOc1c(I)cc(/C=C2/NC(=O)N(CC)C2=O)cc1OCC. The highest BCUT2D eigenvalue weighted by atomic mass is 127. The molecule has 1 aromatic carbocycles. The van der Waals surface area contributed by atoms with Crippen molar-refractivity contribution in [3.8, 4) is 11.5 Å². The number of hydrogen-bond donors (Lipinski definition) is 1. The summed E-state index contributed by atoms with van der Waals surface area (Å²) < 4.78 is 12.1. The van der Waals surface area contributed by atoms with E-state index in [-0.39, 0.29) is 11.6 Å². The molecular formula is C17H19IN2O4. The number of nitrogens with zero attached hydrogens (tertiary/aromatic N) is 1. The van der Waals surface area contributed by atoms with Crippen molar-refractivity contribution in [1.29, 1.82) is 0 Å². The van der Waals surface area contributed by atoms with Crippen LogP contribution in [0.1, 0.15) is 19.4 Å². The van der Waals surface area contributed by atoms with Crippen molar-refractivity contribution in [2.45, 2.75) is 13.8 Å². The Bertz CT molecular complexity index is 700. The first kappa shape index (κ1) is 18.3. The number of benzene rings is 1. The number of likely N-dealkylation sites (N-methyl/N-ethyl adjacent to an activating group) is 1. The van der Waals surface area contributed by atoms with E-state index in [0.29, 0.717) is 31.3 Å². The van der Waals surface area contributed by atoms with Crippen LogP contribution in [-0.4, -0.2) is 36.6 Å². The van der Waals surface area contributed by atoms with Gasteiger partial charge in [-0.15, -0.1) is 0 Å². The summed E-state index contributed by atoms with van der Waals surface area (Å²) in [5, 5.41) is 2.58. The predicted molar refractivity (Wildman–Crippen MR) is 99.9 cm³/mol. The molecule has 0 unspecified atom stereocenters. The van der Waals surface area contributed by atoms with E-state index in [0.717, 1.165) is 14.0 Å². The molecule has 0 radical (unpaired) electrons. The summed E-state index contributed by atoms with van der Waals surface area (Å²) in [5.74, 6) is 0.890. The molecule has 1 saturated heterocycles. The Kier molecular flexibility index (Phi) is 6.24. The van der Waals surface area contributed by atoms with Gasteiger partial charge in [0.1, 0.15) is 12.3 Å². The number of nitrogens with one attached hydrogen (secondary N) is 1. The maximum atomic E-state index is 12.2. The monoisotopic (exact) mass is 442 g/mol. The van der Waals surface area contributed by atoms with E-state index < -0.39 is 6.03 Å². The van der Waals surface area contributed by atoms with Crippen molar-refractivity contribution in [2.24, 2.45) is 0 Å². The molecule has 24 heavy (non-hydrogen) atoms. The van der Waals surface area contributed by atoms with Crippen molar-refractivity contribution in [3.63, 3.8) is 0 Å². The quantitative estimate of drug-likeness (QED) is 0.305. The minimum atomic E-state index is -0.403. The molecule has 128 valence electrons. The van der Waals surface area contributed by atoms with Gasteiger partial charge in [0.2, 0.25) is 0 Å². The third-order valence-electron chi connectivity index (χ3n) is 3.27. The number of imide groups is 1. The number of hydrogen-bond acceptors (Lipinski definition) is 4. The fraction of sp³-hybridized carbons (Fsp3) is 0.294. The number of ether oxygens (including phenoxy) is 2. The summed E-state index contributed by atoms with van der Waals surface area (Å²) in [6.07, 6.45) is 3.30. The van der Waals surface area contributed by atoms with Gasteiger partial charge >= 0.3 is 6.03 Å². The zero-order chi connectivity index (χ0) is 17.7. The second-order valence-electron chi connectivity index (χ2n) is 4.90. The third-order valence-corrected chi connectivity index (χ3v) is 4.07. The first-order valence-electron chi connectivity index (χ1n) is 7.56. The van der Waals surface area contributed by atoms with E-state index in [1.165, 1.54) is 0 Å². The lowest BCUT2D eigenvalue weighted by molar-refractivity contribution is -0.122. The summed E-state index contributed by atoms with van der Waals surface area (Å²) in [6, 6.07) is 3.24. The summed E-state index contributed by atoms with van der Waals surface area (Å²) in [4.78, 5) is 25.0. The molecule has 0 saturated carbocycles. The molecule has 6 nitrogen and oxygen atoms in total.